The first-order valence-electron chi connectivity index (χ1n) is 8.89. The van der Waals surface area contributed by atoms with Crippen LogP contribution in [0.3, 0.4) is 0 Å². The molecule has 140 valence electrons. The van der Waals surface area contributed by atoms with Crippen LogP contribution in [-0.4, -0.2) is 45.8 Å². The van der Waals surface area contributed by atoms with Crippen molar-refractivity contribution in [2.45, 2.75) is 71.1 Å². The number of carbonyl (C=O) groups excluding carboxylic acids is 1. The molecule has 0 radical (unpaired) electrons. The van der Waals surface area contributed by atoms with Gasteiger partial charge in [-0.2, -0.15) is 0 Å². The second kappa shape index (κ2) is 9.34. The highest BCUT2D eigenvalue weighted by Gasteiger charge is 2.29. The summed E-state index contributed by atoms with van der Waals surface area (Å²) < 4.78 is 11.2. The number of amides is 1. The molecular weight excluding hydrogens is 342 g/mol. The third-order valence-electron chi connectivity index (χ3n) is 4.04. The number of aromatic nitrogens is 2. The van der Waals surface area contributed by atoms with E-state index in [9.17, 15) is 4.79 Å². The highest BCUT2D eigenvalue weighted by Crippen LogP contribution is 2.23. The molecule has 2 heterocycles. The molecule has 1 amide bonds. The Morgan fingerprint density at radius 2 is 2.08 bits per heavy atom. The zero-order chi connectivity index (χ0) is 18.3. The van der Waals surface area contributed by atoms with E-state index in [1.54, 1.807) is 12.4 Å². The van der Waals surface area contributed by atoms with Crippen molar-refractivity contribution >= 4 is 17.7 Å². The van der Waals surface area contributed by atoms with Gasteiger partial charge in [0, 0.05) is 31.6 Å². The summed E-state index contributed by atoms with van der Waals surface area (Å²) in [5, 5.41) is 0.380. The normalized spacial score (nSPS) is 18.2. The fourth-order valence-electron chi connectivity index (χ4n) is 2.90. The predicted octanol–water partition coefficient (Wildman–Crippen LogP) is 4.22. The smallest absolute Gasteiger partial charge is 0.410 e. The first-order valence-corrected chi connectivity index (χ1v) is 9.27. The lowest BCUT2D eigenvalue weighted by atomic mass is 9.98. The molecule has 6 nitrogen and oxygen atoms in total. The molecule has 25 heavy (non-hydrogen) atoms. The molecule has 2 rings (SSSR count). The maximum atomic E-state index is 12.4. The summed E-state index contributed by atoms with van der Waals surface area (Å²) in [6.07, 6.45) is 7.96. The minimum Gasteiger partial charge on any atom is -0.444 e. The van der Waals surface area contributed by atoms with Crippen LogP contribution < -0.4 is 0 Å². The standard InChI is InChI=1S/C18H28ClN3O3/c1-18(2,3)25-17(23)22-11-5-4-7-14(22)8-6-12-24-13-15-16(19)21-10-9-20-15/h9-10,14H,4-8,11-13H2,1-3H3/t14-/m0/s1. The lowest BCUT2D eigenvalue weighted by Gasteiger charge is -2.36. The summed E-state index contributed by atoms with van der Waals surface area (Å²) in [7, 11) is 0. The molecule has 1 fully saturated rings. The maximum Gasteiger partial charge on any atom is 0.410 e. The zero-order valence-electron chi connectivity index (χ0n) is 15.3. The summed E-state index contributed by atoms with van der Waals surface area (Å²) in [6.45, 7) is 7.42. The lowest BCUT2D eigenvalue weighted by Crippen LogP contribution is -2.46. The molecule has 0 bridgehead atoms. The minimum atomic E-state index is -0.460. The van der Waals surface area contributed by atoms with Crippen molar-refractivity contribution in [3.8, 4) is 0 Å². The molecule has 1 aliphatic heterocycles. The molecule has 1 saturated heterocycles. The number of piperidine rings is 1. The van der Waals surface area contributed by atoms with Gasteiger partial charge in [-0.05, 0) is 52.9 Å². The van der Waals surface area contributed by atoms with Crippen LogP contribution in [0.25, 0.3) is 0 Å². The van der Waals surface area contributed by atoms with Crippen LogP contribution in [0.4, 0.5) is 4.79 Å². The fraction of sp³-hybridized carbons (Fsp3) is 0.722. The van der Waals surface area contributed by atoms with E-state index in [2.05, 4.69) is 9.97 Å². The van der Waals surface area contributed by atoms with Crippen LogP contribution in [0.1, 0.15) is 58.6 Å². The van der Waals surface area contributed by atoms with E-state index in [-0.39, 0.29) is 12.1 Å². The zero-order valence-corrected chi connectivity index (χ0v) is 16.1. The quantitative estimate of drug-likeness (QED) is 0.702. The molecule has 0 unspecified atom stereocenters. The lowest BCUT2D eigenvalue weighted by molar-refractivity contribution is 0.00723. The van der Waals surface area contributed by atoms with E-state index in [1.165, 1.54) is 0 Å². The van der Waals surface area contributed by atoms with Crippen molar-refractivity contribution in [1.29, 1.82) is 0 Å². The molecule has 0 N–H and O–H groups in total. The molecule has 0 spiro atoms. The molecule has 1 aromatic rings. The van der Waals surface area contributed by atoms with Crippen LogP contribution in [-0.2, 0) is 16.1 Å². The number of ether oxygens (including phenoxy) is 2. The summed E-state index contributed by atoms with van der Waals surface area (Å²) >= 11 is 5.95. The number of rotatable bonds is 6. The number of likely N-dealkylation sites (tertiary alicyclic amines) is 1. The van der Waals surface area contributed by atoms with Crippen LogP contribution in [0.15, 0.2) is 12.4 Å². The Balaban J connectivity index is 1.74. The monoisotopic (exact) mass is 369 g/mol. The average molecular weight is 370 g/mol. The first-order chi connectivity index (χ1) is 11.9. The van der Waals surface area contributed by atoms with Gasteiger partial charge in [0.05, 0.1) is 6.61 Å². The van der Waals surface area contributed by atoms with Gasteiger partial charge >= 0.3 is 6.09 Å². The van der Waals surface area contributed by atoms with Crippen molar-refractivity contribution < 1.29 is 14.3 Å². The van der Waals surface area contributed by atoms with Crippen molar-refractivity contribution in [3.05, 3.63) is 23.2 Å². The first kappa shape index (κ1) is 19.9. The second-order valence-electron chi connectivity index (χ2n) is 7.31. The van der Waals surface area contributed by atoms with E-state index in [1.807, 2.05) is 25.7 Å². The van der Waals surface area contributed by atoms with E-state index in [0.717, 1.165) is 38.6 Å². The molecule has 0 saturated carbocycles. The topological polar surface area (TPSA) is 64.5 Å². The maximum absolute atomic E-state index is 12.4. The molecular formula is C18H28ClN3O3. The Morgan fingerprint density at radius 3 is 2.80 bits per heavy atom. The van der Waals surface area contributed by atoms with Crippen LogP contribution in [0.5, 0.6) is 0 Å². The third kappa shape index (κ3) is 6.78. The van der Waals surface area contributed by atoms with Crippen molar-refractivity contribution in [2.75, 3.05) is 13.2 Å². The average Bonchev–Trinajstić information content (AvgIpc) is 2.55. The molecule has 0 aliphatic carbocycles. The second-order valence-corrected chi connectivity index (χ2v) is 7.67. The number of nitrogens with zero attached hydrogens (tertiary/aromatic N) is 3. The van der Waals surface area contributed by atoms with Gasteiger partial charge in [0.1, 0.15) is 11.3 Å². The SMILES string of the molecule is CC(C)(C)OC(=O)N1CCCC[C@H]1CCCOCc1nccnc1Cl. The Morgan fingerprint density at radius 1 is 1.32 bits per heavy atom. The van der Waals surface area contributed by atoms with Gasteiger partial charge in [-0.1, -0.05) is 11.6 Å². The van der Waals surface area contributed by atoms with Gasteiger partial charge < -0.3 is 14.4 Å². The van der Waals surface area contributed by atoms with Crippen molar-refractivity contribution in [2.24, 2.45) is 0 Å². The van der Waals surface area contributed by atoms with Gasteiger partial charge in [-0.3, -0.25) is 4.98 Å². The van der Waals surface area contributed by atoms with Gasteiger partial charge in [0.15, 0.2) is 5.15 Å². The molecule has 1 aromatic heterocycles. The van der Waals surface area contributed by atoms with Crippen LogP contribution in [0, 0.1) is 0 Å². The van der Waals surface area contributed by atoms with Crippen LogP contribution in [0.2, 0.25) is 5.15 Å². The Labute approximate surface area is 154 Å². The van der Waals surface area contributed by atoms with Gasteiger partial charge in [0.2, 0.25) is 0 Å². The van der Waals surface area contributed by atoms with E-state index < -0.39 is 5.60 Å². The summed E-state index contributed by atoms with van der Waals surface area (Å²) in [4.78, 5) is 22.4. The Hall–Kier alpha value is -1.40. The summed E-state index contributed by atoms with van der Waals surface area (Å²) in [6, 6.07) is 0.229. The number of hydrogen-bond acceptors (Lipinski definition) is 5. The molecule has 1 aliphatic rings. The highest BCUT2D eigenvalue weighted by molar-refractivity contribution is 6.29. The number of halogens is 1. The predicted molar refractivity (Wildman–Crippen MR) is 96.5 cm³/mol. The molecule has 7 heteroatoms. The third-order valence-corrected chi connectivity index (χ3v) is 4.36. The Bertz CT molecular complexity index is 563. The molecule has 1 atom stereocenters. The number of hydrogen-bond donors (Lipinski definition) is 0. The molecule has 0 aromatic carbocycles. The summed E-state index contributed by atoms with van der Waals surface area (Å²) in [5.41, 5.74) is 0.190. The minimum absolute atomic E-state index is 0.204. The summed E-state index contributed by atoms with van der Waals surface area (Å²) in [5.74, 6) is 0. The van der Waals surface area contributed by atoms with Crippen molar-refractivity contribution in [1.82, 2.24) is 14.9 Å². The number of carbonyl (C=O) groups is 1. The van der Waals surface area contributed by atoms with E-state index >= 15 is 0 Å². The van der Waals surface area contributed by atoms with Crippen molar-refractivity contribution in [3.63, 3.8) is 0 Å². The van der Waals surface area contributed by atoms with E-state index in [0.29, 0.717) is 24.1 Å². The highest BCUT2D eigenvalue weighted by atomic mass is 35.5. The van der Waals surface area contributed by atoms with Gasteiger partial charge in [-0.15, -0.1) is 0 Å². The van der Waals surface area contributed by atoms with Gasteiger partial charge in [-0.25, -0.2) is 9.78 Å². The largest absolute Gasteiger partial charge is 0.444 e. The van der Waals surface area contributed by atoms with Crippen LogP contribution >= 0.6 is 11.6 Å². The fourth-order valence-corrected chi connectivity index (χ4v) is 3.06. The van der Waals surface area contributed by atoms with E-state index in [4.69, 9.17) is 21.1 Å². The van der Waals surface area contributed by atoms with Gasteiger partial charge in [0.25, 0.3) is 0 Å². The Kier molecular flexibility index (Phi) is 7.44.